The Bertz CT molecular complexity index is 947. The van der Waals surface area contributed by atoms with Gasteiger partial charge in [0.15, 0.2) is 9.84 Å². The fourth-order valence-corrected chi connectivity index (χ4v) is 5.57. The lowest BCUT2D eigenvalue weighted by Crippen LogP contribution is -2.31. The summed E-state index contributed by atoms with van der Waals surface area (Å²) in [6, 6.07) is 10.9. The summed E-state index contributed by atoms with van der Waals surface area (Å²) in [4.78, 5) is 2.54. The fourth-order valence-electron chi connectivity index (χ4n) is 3.67. The summed E-state index contributed by atoms with van der Waals surface area (Å²) in [6.45, 7) is 4.47. The van der Waals surface area contributed by atoms with E-state index < -0.39 is 9.84 Å². The molecule has 0 N–H and O–H groups in total. The fraction of sp³-hybridized carbons (Fsp3) is 0.429. The number of sulfone groups is 1. The second kappa shape index (κ2) is 9.14. The van der Waals surface area contributed by atoms with Gasteiger partial charge in [0.2, 0.25) is 0 Å². The zero-order chi connectivity index (χ0) is 20.3. The molecule has 3 rings (SSSR count). The van der Waals surface area contributed by atoms with Gasteiger partial charge < -0.3 is 9.64 Å². The number of nitrogens with zero attached hydrogens (tertiary/aromatic N) is 1. The van der Waals surface area contributed by atoms with E-state index in [9.17, 15) is 8.42 Å². The molecule has 1 aliphatic heterocycles. The summed E-state index contributed by atoms with van der Waals surface area (Å²) in [5.74, 6) is 0.0958. The zero-order valence-electron chi connectivity index (χ0n) is 16.1. The van der Waals surface area contributed by atoms with Gasteiger partial charge in [0.05, 0.1) is 10.6 Å². The molecule has 1 aliphatic rings. The molecule has 28 heavy (non-hydrogen) atoms. The van der Waals surface area contributed by atoms with Gasteiger partial charge in [0.1, 0.15) is 0 Å². The van der Waals surface area contributed by atoms with Gasteiger partial charge >= 0.3 is 0 Å². The Morgan fingerprint density at radius 3 is 2.75 bits per heavy atom. The average molecular weight is 442 g/mol. The summed E-state index contributed by atoms with van der Waals surface area (Å²) in [6.07, 6.45) is 0.487. The first-order valence-electron chi connectivity index (χ1n) is 9.38. The molecule has 0 saturated carbocycles. The molecule has 0 spiro atoms. The van der Waals surface area contributed by atoms with E-state index in [1.54, 1.807) is 18.2 Å². The van der Waals surface area contributed by atoms with Crippen LogP contribution < -0.4 is 0 Å². The second-order valence-electron chi connectivity index (χ2n) is 7.15. The topological polar surface area (TPSA) is 46.6 Å². The van der Waals surface area contributed by atoms with Crippen molar-refractivity contribution >= 4 is 33.0 Å². The molecule has 0 fully saturated rings. The molecular formula is C21H25Cl2NO3S. The highest BCUT2D eigenvalue weighted by atomic mass is 35.5. The van der Waals surface area contributed by atoms with Crippen LogP contribution in [-0.4, -0.2) is 45.9 Å². The summed E-state index contributed by atoms with van der Waals surface area (Å²) < 4.78 is 30.7. The largest absolute Gasteiger partial charge is 0.382 e. The summed E-state index contributed by atoms with van der Waals surface area (Å²) in [5, 5.41) is 1.25. The maximum atomic E-state index is 12.7. The van der Waals surface area contributed by atoms with Crippen molar-refractivity contribution in [1.29, 1.82) is 0 Å². The van der Waals surface area contributed by atoms with E-state index in [-0.39, 0.29) is 11.7 Å². The highest BCUT2D eigenvalue weighted by molar-refractivity contribution is 7.91. The van der Waals surface area contributed by atoms with Crippen molar-refractivity contribution in [3.8, 4) is 0 Å². The Morgan fingerprint density at radius 1 is 1.21 bits per heavy atom. The molecule has 1 heterocycles. The van der Waals surface area contributed by atoms with E-state index >= 15 is 0 Å². The number of likely N-dealkylation sites (N-methyl/N-ethyl adjacent to an activating group) is 1. The third-order valence-electron chi connectivity index (χ3n) is 5.02. The SMILES string of the molecule is CCOCCCS(=O)(=O)c1cccc(C2CN(C)Cc3c(Cl)cc(Cl)cc32)c1. The predicted octanol–water partition coefficient (Wildman–Crippen LogP) is 4.77. The quantitative estimate of drug-likeness (QED) is 0.580. The lowest BCUT2D eigenvalue weighted by molar-refractivity contribution is 0.148. The minimum Gasteiger partial charge on any atom is -0.382 e. The first kappa shape index (κ1) is 21.6. The van der Waals surface area contributed by atoms with E-state index in [1.807, 2.05) is 32.2 Å². The van der Waals surface area contributed by atoms with Crippen LogP contribution in [-0.2, 0) is 21.1 Å². The predicted molar refractivity (Wildman–Crippen MR) is 114 cm³/mol. The minimum atomic E-state index is -3.35. The highest BCUT2D eigenvalue weighted by Gasteiger charge is 2.28. The van der Waals surface area contributed by atoms with Crippen molar-refractivity contribution in [3.63, 3.8) is 0 Å². The van der Waals surface area contributed by atoms with Gasteiger partial charge in [-0.15, -0.1) is 0 Å². The Hall–Kier alpha value is -1.11. The lowest BCUT2D eigenvalue weighted by atomic mass is 9.85. The van der Waals surface area contributed by atoms with Crippen LogP contribution in [0, 0.1) is 0 Å². The van der Waals surface area contributed by atoms with Gasteiger partial charge in [0, 0.05) is 42.3 Å². The third-order valence-corrected chi connectivity index (χ3v) is 7.37. The Kier molecular flexibility index (Phi) is 7.05. The minimum absolute atomic E-state index is 0.0172. The van der Waals surface area contributed by atoms with E-state index in [0.29, 0.717) is 34.6 Å². The van der Waals surface area contributed by atoms with Crippen LogP contribution in [0.25, 0.3) is 0 Å². The molecule has 0 bridgehead atoms. The molecule has 0 aliphatic carbocycles. The van der Waals surface area contributed by atoms with Gasteiger partial charge in [-0.2, -0.15) is 0 Å². The van der Waals surface area contributed by atoms with Crippen LogP contribution in [0.4, 0.5) is 0 Å². The van der Waals surface area contributed by atoms with E-state index in [4.69, 9.17) is 27.9 Å². The van der Waals surface area contributed by atoms with Crippen molar-refractivity contribution in [2.24, 2.45) is 0 Å². The van der Waals surface area contributed by atoms with Crippen molar-refractivity contribution in [1.82, 2.24) is 4.90 Å². The average Bonchev–Trinajstić information content (AvgIpc) is 2.65. The molecule has 4 nitrogen and oxygen atoms in total. The summed E-state index contributed by atoms with van der Waals surface area (Å²) in [5.41, 5.74) is 3.08. The Labute approximate surface area is 177 Å². The maximum Gasteiger partial charge on any atom is 0.178 e. The van der Waals surface area contributed by atoms with Gasteiger partial charge in [-0.1, -0.05) is 35.3 Å². The van der Waals surface area contributed by atoms with E-state index in [0.717, 1.165) is 29.8 Å². The smallest absolute Gasteiger partial charge is 0.178 e. The van der Waals surface area contributed by atoms with Crippen LogP contribution in [0.1, 0.15) is 36.0 Å². The number of hydrogen-bond acceptors (Lipinski definition) is 4. The van der Waals surface area contributed by atoms with Crippen molar-refractivity contribution < 1.29 is 13.2 Å². The van der Waals surface area contributed by atoms with Gasteiger partial charge in [-0.25, -0.2) is 8.42 Å². The van der Waals surface area contributed by atoms with Crippen molar-refractivity contribution in [2.75, 3.05) is 32.6 Å². The highest BCUT2D eigenvalue weighted by Crippen LogP contribution is 2.38. The molecule has 2 aromatic rings. The molecule has 1 unspecified atom stereocenters. The molecule has 0 radical (unpaired) electrons. The molecule has 0 saturated heterocycles. The monoisotopic (exact) mass is 441 g/mol. The number of halogens is 2. The Balaban J connectivity index is 1.93. The van der Waals surface area contributed by atoms with Crippen LogP contribution in [0.2, 0.25) is 10.0 Å². The first-order valence-corrected chi connectivity index (χ1v) is 11.8. The van der Waals surface area contributed by atoms with E-state index in [2.05, 4.69) is 4.90 Å². The lowest BCUT2D eigenvalue weighted by Gasteiger charge is -2.33. The molecule has 1 atom stereocenters. The second-order valence-corrected chi connectivity index (χ2v) is 10.1. The van der Waals surface area contributed by atoms with E-state index in [1.165, 1.54) is 0 Å². The molecular weight excluding hydrogens is 417 g/mol. The molecule has 2 aromatic carbocycles. The standard InChI is InChI=1S/C21H25Cl2NO3S/c1-3-27-8-5-9-28(25,26)17-7-4-6-15(10-17)19-13-24(2)14-20-18(19)11-16(22)12-21(20)23/h4,6-7,10-12,19H,3,5,8-9,13-14H2,1-2H3. The first-order chi connectivity index (χ1) is 13.3. The number of ether oxygens (including phenoxy) is 1. The van der Waals surface area contributed by atoms with Gasteiger partial charge in [0.25, 0.3) is 0 Å². The molecule has 152 valence electrons. The molecule has 7 heteroatoms. The van der Waals surface area contributed by atoms with Gasteiger partial charge in [-0.05, 0) is 61.3 Å². The summed E-state index contributed by atoms with van der Waals surface area (Å²) >= 11 is 12.7. The third kappa shape index (κ3) is 4.89. The molecule has 0 aromatic heterocycles. The normalized spacial score (nSPS) is 17.5. The number of benzene rings is 2. The van der Waals surface area contributed by atoms with Crippen LogP contribution in [0.3, 0.4) is 0 Å². The van der Waals surface area contributed by atoms with Crippen LogP contribution in [0.5, 0.6) is 0 Å². The number of rotatable bonds is 7. The van der Waals surface area contributed by atoms with Crippen LogP contribution in [0.15, 0.2) is 41.3 Å². The van der Waals surface area contributed by atoms with Crippen LogP contribution >= 0.6 is 23.2 Å². The van der Waals surface area contributed by atoms with Crippen molar-refractivity contribution in [3.05, 3.63) is 63.1 Å². The maximum absolute atomic E-state index is 12.7. The molecule has 0 amide bonds. The summed E-state index contributed by atoms with van der Waals surface area (Å²) in [7, 11) is -1.32. The Morgan fingerprint density at radius 2 is 2.00 bits per heavy atom. The van der Waals surface area contributed by atoms with Gasteiger partial charge in [-0.3, -0.25) is 0 Å². The van der Waals surface area contributed by atoms with Crippen molar-refractivity contribution in [2.45, 2.75) is 30.7 Å². The zero-order valence-corrected chi connectivity index (χ0v) is 18.4. The number of fused-ring (bicyclic) bond motifs is 1. The number of hydrogen-bond donors (Lipinski definition) is 0.